The molecule has 0 saturated carbocycles. The first-order chi connectivity index (χ1) is 7.81. The fourth-order valence-electron chi connectivity index (χ4n) is 1.82. The van der Waals surface area contributed by atoms with E-state index in [1.165, 1.54) is 6.08 Å². The van der Waals surface area contributed by atoms with Crippen molar-refractivity contribution in [3.8, 4) is 0 Å². The minimum atomic E-state index is -3.45. The molecular formula is C13H19NO2S. The van der Waals surface area contributed by atoms with Crippen LogP contribution in [0.3, 0.4) is 0 Å². The number of aryl methyl sites for hydroxylation is 2. The second kappa shape index (κ2) is 5.02. The fraction of sp³-hybridized carbons (Fsp3) is 0.385. The van der Waals surface area contributed by atoms with E-state index in [1.54, 1.807) is 0 Å². The van der Waals surface area contributed by atoms with Crippen LogP contribution in [0.25, 0.3) is 0 Å². The summed E-state index contributed by atoms with van der Waals surface area (Å²) < 4.78 is 26.9. The topological polar surface area (TPSA) is 46.2 Å². The highest BCUT2D eigenvalue weighted by Crippen LogP contribution is 2.25. The first kappa shape index (κ1) is 13.9. The largest absolute Gasteiger partial charge is 0.241 e. The van der Waals surface area contributed by atoms with Crippen molar-refractivity contribution in [3.63, 3.8) is 0 Å². The number of hydrogen-bond donors (Lipinski definition) is 1. The van der Waals surface area contributed by atoms with Gasteiger partial charge in [0.1, 0.15) is 0 Å². The van der Waals surface area contributed by atoms with Crippen molar-refractivity contribution in [1.29, 1.82) is 0 Å². The summed E-state index contributed by atoms with van der Waals surface area (Å²) >= 11 is 0. The molecule has 0 heterocycles. The van der Waals surface area contributed by atoms with Crippen molar-refractivity contribution in [2.45, 2.75) is 32.6 Å². The predicted molar refractivity (Wildman–Crippen MR) is 70.8 cm³/mol. The molecule has 0 bridgehead atoms. The molecule has 1 aromatic rings. The van der Waals surface area contributed by atoms with Crippen molar-refractivity contribution < 1.29 is 8.42 Å². The van der Waals surface area contributed by atoms with E-state index in [4.69, 9.17) is 0 Å². The lowest BCUT2D eigenvalue weighted by molar-refractivity contribution is 0.584. The van der Waals surface area contributed by atoms with Gasteiger partial charge in [0.15, 0.2) is 0 Å². The van der Waals surface area contributed by atoms with Crippen LogP contribution in [0.4, 0.5) is 0 Å². The van der Waals surface area contributed by atoms with E-state index in [0.29, 0.717) is 4.90 Å². The van der Waals surface area contributed by atoms with Crippen molar-refractivity contribution in [2.75, 3.05) is 6.54 Å². The van der Waals surface area contributed by atoms with Crippen molar-refractivity contribution in [2.24, 2.45) is 0 Å². The molecule has 0 saturated heterocycles. The molecule has 4 heteroatoms. The lowest BCUT2D eigenvalue weighted by Crippen LogP contribution is -2.25. The van der Waals surface area contributed by atoms with Gasteiger partial charge < -0.3 is 0 Å². The highest BCUT2D eigenvalue weighted by atomic mass is 32.2. The van der Waals surface area contributed by atoms with E-state index >= 15 is 0 Å². The van der Waals surface area contributed by atoms with Crippen LogP contribution in [-0.4, -0.2) is 15.0 Å². The number of sulfonamides is 1. The first-order valence-electron chi connectivity index (χ1n) is 5.49. The van der Waals surface area contributed by atoms with Crippen LogP contribution < -0.4 is 4.72 Å². The molecule has 0 spiro atoms. The molecule has 0 atom stereocenters. The second-order valence-electron chi connectivity index (χ2n) is 4.23. The van der Waals surface area contributed by atoms with E-state index in [0.717, 1.165) is 22.3 Å². The first-order valence-corrected chi connectivity index (χ1v) is 6.97. The fourth-order valence-corrected chi connectivity index (χ4v) is 3.43. The van der Waals surface area contributed by atoms with Gasteiger partial charge in [-0.2, -0.15) is 0 Å². The average molecular weight is 253 g/mol. The Labute approximate surface area is 104 Å². The minimum absolute atomic E-state index is 0.244. The van der Waals surface area contributed by atoms with Gasteiger partial charge in [-0.3, -0.25) is 0 Å². The lowest BCUT2D eigenvalue weighted by atomic mass is 10.0. The van der Waals surface area contributed by atoms with Gasteiger partial charge in [-0.15, -0.1) is 6.58 Å². The second-order valence-corrected chi connectivity index (χ2v) is 5.93. The highest BCUT2D eigenvalue weighted by Gasteiger charge is 2.20. The van der Waals surface area contributed by atoms with Crippen molar-refractivity contribution >= 4 is 10.0 Å². The normalized spacial score (nSPS) is 11.5. The molecular weight excluding hydrogens is 234 g/mol. The van der Waals surface area contributed by atoms with E-state index in [9.17, 15) is 8.42 Å². The predicted octanol–water partition coefficient (Wildman–Crippen LogP) is 2.38. The molecule has 0 aliphatic rings. The number of hydrogen-bond acceptors (Lipinski definition) is 2. The van der Waals surface area contributed by atoms with Gasteiger partial charge in [0.05, 0.1) is 4.90 Å². The Morgan fingerprint density at radius 1 is 1.18 bits per heavy atom. The third kappa shape index (κ3) is 2.76. The number of rotatable bonds is 4. The minimum Gasteiger partial charge on any atom is -0.207 e. The van der Waals surface area contributed by atoms with Gasteiger partial charge in [0, 0.05) is 6.54 Å². The summed E-state index contributed by atoms with van der Waals surface area (Å²) in [6.07, 6.45) is 1.53. The molecule has 0 aromatic heterocycles. The molecule has 0 radical (unpaired) electrons. The molecule has 0 amide bonds. The zero-order valence-corrected chi connectivity index (χ0v) is 11.6. The quantitative estimate of drug-likeness (QED) is 0.837. The maximum Gasteiger partial charge on any atom is 0.241 e. The summed E-state index contributed by atoms with van der Waals surface area (Å²) in [6, 6.07) is 2.01. The van der Waals surface area contributed by atoms with Gasteiger partial charge in [-0.25, -0.2) is 13.1 Å². The maximum atomic E-state index is 12.2. The highest BCUT2D eigenvalue weighted by molar-refractivity contribution is 7.89. The molecule has 17 heavy (non-hydrogen) atoms. The standard InChI is InChI=1S/C13H19NO2S/c1-6-7-14-17(15,16)13-11(4)9(2)8-10(3)12(13)5/h6,8,14H,1,7H2,2-5H3. The van der Waals surface area contributed by atoms with E-state index in [-0.39, 0.29) is 6.54 Å². The molecule has 1 N–H and O–H groups in total. The Kier molecular flexibility index (Phi) is 4.11. The molecule has 0 aliphatic heterocycles. The summed E-state index contributed by atoms with van der Waals surface area (Å²) in [5.41, 5.74) is 3.61. The Balaban J connectivity index is 3.45. The zero-order chi connectivity index (χ0) is 13.2. The Bertz CT molecular complexity index is 519. The Morgan fingerprint density at radius 2 is 1.65 bits per heavy atom. The summed E-state index contributed by atoms with van der Waals surface area (Å²) in [4.78, 5) is 0.400. The monoisotopic (exact) mass is 253 g/mol. The summed E-state index contributed by atoms with van der Waals surface area (Å²) in [5.74, 6) is 0. The van der Waals surface area contributed by atoms with Crippen LogP contribution in [-0.2, 0) is 10.0 Å². The van der Waals surface area contributed by atoms with E-state index in [2.05, 4.69) is 11.3 Å². The molecule has 3 nitrogen and oxygen atoms in total. The summed E-state index contributed by atoms with van der Waals surface area (Å²) in [7, 11) is -3.45. The van der Waals surface area contributed by atoms with E-state index in [1.807, 2.05) is 33.8 Å². The summed E-state index contributed by atoms with van der Waals surface area (Å²) in [5, 5.41) is 0. The Morgan fingerprint density at radius 3 is 2.06 bits per heavy atom. The van der Waals surface area contributed by atoms with Gasteiger partial charge in [0.2, 0.25) is 10.0 Å². The summed E-state index contributed by atoms with van der Waals surface area (Å²) in [6.45, 7) is 11.3. The van der Waals surface area contributed by atoms with Crippen LogP contribution in [0.15, 0.2) is 23.6 Å². The van der Waals surface area contributed by atoms with Crippen LogP contribution in [0.1, 0.15) is 22.3 Å². The van der Waals surface area contributed by atoms with Crippen LogP contribution in [0, 0.1) is 27.7 Å². The molecule has 1 rings (SSSR count). The Hall–Kier alpha value is -1.13. The van der Waals surface area contributed by atoms with Crippen LogP contribution >= 0.6 is 0 Å². The van der Waals surface area contributed by atoms with Crippen molar-refractivity contribution in [3.05, 3.63) is 41.0 Å². The van der Waals surface area contributed by atoms with Crippen LogP contribution in [0.2, 0.25) is 0 Å². The molecule has 0 fully saturated rings. The third-order valence-electron chi connectivity index (χ3n) is 2.98. The lowest BCUT2D eigenvalue weighted by Gasteiger charge is -2.15. The average Bonchev–Trinajstić information content (AvgIpc) is 2.24. The van der Waals surface area contributed by atoms with Crippen LogP contribution in [0.5, 0.6) is 0 Å². The number of benzene rings is 1. The third-order valence-corrected chi connectivity index (χ3v) is 4.68. The zero-order valence-electron chi connectivity index (χ0n) is 10.8. The van der Waals surface area contributed by atoms with E-state index < -0.39 is 10.0 Å². The molecule has 94 valence electrons. The molecule has 0 aliphatic carbocycles. The SMILES string of the molecule is C=CCNS(=O)(=O)c1c(C)c(C)cc(C)c1C. The van der Waals surface area contributed by atoms with Crippen molar-refractivity contribution in [1.82, 2.24) is 4.72 Å². The van der Waals surface area contributed by atoms with Gasteiger partial charge in [0.25, 0.3) is 0 Å². The van der Waals surface area contributed by atoms with Gasteiger partial charge >= 0.3 is 0 Å². The molecule has 1 aromatic carbocycles. The number of nitrogens with one attached hydrogen (secondary N) is 1. The van der Waals surface area contributed by atoms with Gasteiger partial charge in [-0.05, 0) is 49.9 Å². The smallest absolute Gasteiger partial charge is 0.207 e. The molecule has 0 unspecified atom stereocenters. The maximum absolute atomic E-state index is 12.2. The van der Waals surface area contributed by atoms with Gasteiger partial charge in [-0.1, -0.05) is 12.1 Å².